The summed E-state index contributed by atoms with van der Waals surface area (Å²) >= 11 is 0. The molecule has 0 fully saturated rings. The average molecular weight is 944 g/mol. The first-order valence-electron chi connectivity index (χ1n) is 20.0. The minimum atomic E-state index is 0. The number of imidazole rings is 1. The predicted molar refractivity (Wildman–Crippen MR) is 234 cm³/mol. The molecule has 10 rings (SSSR count). The zero-order valence-corrected chi connectivity index (χ0v) is 35.0. The maximum atomic E-state index is 6.61. The number of hydrogen-bond acceptors (Lipinski definition) is 2. The zero-order chi connectivity index (χ0) is 39.0. The van der Waals surface area contributed by atoms with Crippen LogP contribution < -0.4 is 9.30 Å². The summed E-state index contributed by atoms with van der Waals surface area (Å²) in [4.78, 5) is 4.87. The Hall–Kier alpha value is -6.55. The smallest absolute Gasteiger partial charge is 0.268 e. The average Bonchev–Trinajstić information content (AvgIpc) is 3.83. The summed E-state index contributed by atoms with van der Waals surface area (Å²) < 4.78 is 13.1. The number of para-hydroxylation sites is 4. The first kappa shape index (κ1) is 38.0. The molecule has 0 aliphatic heterocycles. The van der Waals surface area contributed by atoms with Gasteiger partial charge in [-0.3, -0.25) is 4.57 Å². The Kier molecular flexibility index (Phi) is 10.5. The molecule has 0 bridgehead atoms. The fraction of sp³-hybridized carbons (Fsp3) is 0.0943. The Balaban J connectivity index is 0.00000449. The van der Waals surface area contributed by atoms with Crippen LogP contribution in [-0.2, 0) is 21.1 Å². The number of nitrogens with zero attached hydrogens (tertiary/aromatic N) is 4. The summed E-state index contributed by atoms with van der Waals surface area (Å²) in [6, 6.07) is 66.2. The van der Waals surface area contributed by atoms with E-state index in [1.807, 2.05) is 30.5 Å². The van der Waals surface area contributed by atoms with Crippen LogP contribution in [0.5, 0.6) is 11.5 Å². The Morgan fingerprint density at radius 2 is 1.25 bits per heavy atom. The molecule has 0 amide bonds. The molecule has 7 aromatic carbocycles. The van der Waals surface area contributed by atoms with Crippen molar-refractivity contribution in [2.24, 2.45) is 0 Å². The van der Waals surface area contributed by atoms with E-state index < -0.39 is 0 Å². The first-order valence-corrected chi connectivity index (χ1v) is 20.0. The minimum Gasteiger partial charge on any atom is -0.510 e. The van der Waals surface area contributed by atoms with Crippen LogP contribution in [0.1, 0.15) is 38.2 Å². The van der Waals surface area contributed by atoms with E-state index in [4.69, 9.17) is 9.72 Å². The van der Waals surface area contributed by atoms with Crippen LogP contribution >= 0.6 is 0 Å². The van der Waals surface area contributed by atoms with Gasteiger partial charge in [-0.2, -0.15) is 18.2 Å². The molecule has 3 heterocycles. The molecule has 0 spiro atoms. The maximum absolute atomic E-state index is 6.61. The third kappa shape index (κ3) is 6.96. The second-order valence-electron chi connectivity index (χ2n) is 14.6. The van der Waals surface area contributed by atoms with Gasteiger partial charge in [-0.05, 0) is 75.8 Å². The summed E-state index contributed by atoms with van der Waals surface area (Å²) in [7, 11) is 0. The van der Waals surface area contributed by atoms with Crippen molar-refractivity contribution in [3.63, 3.8) is 0 Å². The Morgan fingerprint density at radius 3 is 1.98 bits per heavy atom. The Labute approximate surface area is 359 Å². The summed E-state index contributed by atoms with van der Waals surface area (Å²) in [6.45, 7) is 4.50. The van der Waals surface area contributed by atoms with Crippen molar-refractivity contribution < 1.29 is 30.4 Å². The van der Waals surface area contributed by atoms with Gasteiger partial charge in [0, 0.05) is 44.3 Å². The number of rotatable bonds is 10. The van der Waals surface area contributed by atoms with Gasteiger partial charge >= 0.3 is 0 Å². The Morgan fingerprint density at radius 1 is 0.610 bits per heavy atom. The fourth-order valence-corrected chi connectivity index (χ4v) is 8.38. The van der Waals surface area contributed by atoms with E-state index in [1.54, 1.807) is 0 Å². The first-order chi connectivity index (χ1) is 28.7. The molecule has 290 valence electrons. The van der Waals surface area contributed by atoms with Crippen LogP contribution in [-0.4, -0.2) is 14.1 Å². The molecule has 0 saturated heterocycles. The number of aromatic nitrogens is 4. The van der Waals surface area contributed by atoms with Gasteiger partial charge in [-0.25, -0.2) is 4.98 Å². The van der Waals surface area contributed by atoms with E-state index in [0.29, 0.717) is 17.4 Å². The van der Waals surface area contributed by atoms with Gasteiger partial charge in [0.1, 0.15) is 5.82 Å². The molecule has 0 aliphatic rings. The van der Waals surface area contributed by atoms with E-state index in [1.165, 1.54) is 5.56 Å². The molecule has 0 saturated carbocycles. The van der Waals surface area contributed by atoms with Crippen molar-refractivity contribution in [2.75, 3.05) is 0 Å². The molecule has 0 unspecified atom stereocenters. The van der Waals surface area contributed by atoms with Crippen molar-refractivity contribution in [1.82, 2.24) is 14.1 Å². The summed E-state index contributed by atoms with van der Waals surface area (Å²) in [5, 5.41) is 2.25. The summed E-state index contributed by atoms with van der Waals surface area (Å²) in [5.41, 5.74) is 11.7. The van der Waals surface area contributed by atoms with Gasteiger partial charge in [0.15, 0.2) is 0 Å². The quantitative estimate of drug-likeness (QED) is 0.101. The third-order valence-corrected chi connectivity index (χ3v) is 11.2. The van der Waals surface area contributed by atoms with Gasteiger partial charge in [0.05, 0.1) is 16.7 Å². The molecule has 0 aliphatic carbocycles. The predicted octanol–water partition coefficient (Wildman–Crippen LogP) is 12.8. The second kappa shape index (κ2) is 16.4. The molecule has 3 aromatic heterocycles. The monoisotopic (exact) mass is 943 g/mol. The van der Waals surface area contributed by atoms with Crippen molar-refractivity contribution in [1.29, 1.82) is 0 Å². The van der Waals surface area contributed by atoms with Crippen molar-refractivity contribution in [3.8, 4) is 50.9 Å². The molecular weight excluding hydrogens is 904 g/mol. The second-order valence-corrected chi connectivity index (χ2v) is 14.6. The van der Waals surface area contributed by atoms with Crippen molar-refractivity contribution in [2.45, 2.75) is 32.6 Å². The van der Waals surface area contributed by atoms with E-state index in [0.717, 1.165) is 85.1 Å². The molecule has 10 aromatic rings. The molecule has 6 heteroatoms. The van der Waals surface area contributed by atoms with Crippen LogP contribution in [0.4, 0.5) is 0 Å². The number of hydrogen-bond donors (Lipinski definition) is 0. The van der Waals surface area contributed by atoms with E-state index in [2.05, 4.69) is 192 Å². The summed E-state index contributed by atoms with van der Waals surface area (Å²) in [5.74, 6) is 2.54. The van der Waals surface area contributed by atoms with Crippen LogP contribution in [0.15, 0.2) is 176 Å². The Bertz CT molecular complexity index is 3020. The van der Waals surface area contributed by atoms with Crippen LogP contribution in [0.25, 0.3) is 72.3 Å². The van der Waals surface area contributed by atoms with Gasteiger partial charge in [-0.15, -0.1) is 29.7 Å². The van der Waals surface area contributed by atoms with E-state index in [-0.39, 0.29) is 21.1 Å². The van der Waals surface area contributed by atoms with E-state index in [9.17, 15) is 0 Å². The fourth-order valence-electron chi connectivity index (χ4n) is 8.38. The van der Waals surface area contributed by atoms with Crippen LogP contribution in [0.2, 0.25) is 0 Å². The maximum Gasteiger partial charge on any atom is 0.268 e. The third-order valence-electron chi connectivity index (χ3n) is 11.2. The van der Waals surface area contributed by atoms with Gasteiger partial charge < -0.3 is 13.9 Å². The number of ether oxygens (including phenoxy) is 1. The van der Waals surface area contributed by atoms with E-state index >= 15 is 0 Å². The standard InChI is InChI=1S/C53H40N4O.Pt/c1-3-37(4-2)40-31-32-54-52(33-40)57-48-26-12-11-23-46(48)47-30-29-43(35-51(47)57)58-42-22-15-21-41(34-42)55-36-56(50-28-14-13-27-49(50)55)53-44(38-17-7-5-8-18-38)24-16-25-45(53)39-19-9-6-10-20-39;/h5-33,37H,3-4H2,1-2H3;/q-2;. The zero-order valence-electron chi connectivity index (χ0n) is 32.7. The molecule has 59 heavy (non-hydrogen) atoms. The summed E-state index contributed by atoms with van der Waals surface area (Å²) in [6.07, 6.45) is 7.84. The molecular formula is C53H40N4OPt-2. The van der Waals surface area contributed by atoms with Gasteiger partial charge in [-0.1, -0.05) is 141 Å². The normalized spacial score (nSPS) is 11.4. The number of fused-ring (bicyclic) bond motifs is 4. The topological polar surface area (TPSA) is 35.9 Å². The van der Waals surface area contributed by atoms with Crippen LogP contribution in [0.3, 0.4) is 0 Å². The molecule has 5 nitrogen and oxygen atoms in total. The number of benzene rings is 7. The van der Waals surface area contributed by atoms with Crippen molar-refractivity contribution >= 4 is 32.8 Å². The van der Waals surface area contributed by atoms with Crippen LogP contribution in [0, 0.1) is 18.5 Å². The molecule has 0 N–H and O–H groups in total. The largest absolute Gasteiger partial charge is 0.510 e. The van der Waals surface area contributed by atoms with Gasteiger partial charge in [0.25, 0.3) is 6.33 Å². The van der Waals surface area contributed by atoms with Gasteiger partial charge in [0.2, 0.25) is 0 Å². The minimum absolute atomic E-state index is 0. The number of pyridine rings is 1. The molecule has 0 radical (unpaired) electrons. The SMILES string of the molecule is CCC(CC)c1ccnc(-n2c3[c-]c(Oc4[c-]c(-n5[c-][n+](-c6c(-c7ccccc7)cccc6-c6ccccc6)c6ccccc65)ccc4)ccc3c3ccccc32)c1.[Pt]. The molecule has 0 atom stereocenters. The van der Waals surface area contributed by atoms with Crippen molar-refractivity contribution in [3.05, 3.63) is 200 Å².